The second-order valence-corrected chi connectivity index (χ2v) is 37.3. The van der Waals surface area contributed by atoms with Crippen molar-refractivity contribution < 1.29 is 291 Å². The number of aliphatic hydroxyl groups excluding tert-OH is 31. The Labute approximate surface area is 827 Å². The molecule has 36 N–H and O–H groups in total. The van der Waals surface area contributed by atoms with Crippen molar-refractivity contribution in [3.8, 4) is 0 Å². The van der Waals surface area contributed by atoms with Crippen LogP contribution in [0.15, 0.2) is 0 Å². The van der Waals surface area contributed by atoms with Crippen LogP contribution in [0.1, 0.15) is 48.5 Å². The zero-order valence-corrected chi connectivity index (χ0v) is 79.0. The van der Waals surface area contributed by atoms with Crippen LogP contribution in [0.4, 0.5) is 0 Å². The van der Waals surface area contributed by atoms with Gasteiger partial charge in [0, 0.05) is 34.6 Å². The molecule has 0 aromatic heterocycles. The lowest BCUT2D eigenvalue weighted by Gasteiger charge is -2.52. The minimum Gasteiger partial charge on any atom is -0.394 e. The van der Waals surface area contributed by atoms with E-state index in [0.717, 1.165) is 34.6 Å². The fourth-order valence-electron chi connectivity index (χ4n) is 19.1. The molecule has 12 aliphatic rings. The Hall–Kier alpha value is -4.81. The molecule has 0 aromatic rings. The molecule has 12 heterocycles. The molecule has 0 bridgehead atoms. The summed E-state index contributed by atoms with van der Waals surface area (Å²) in [5, 5.41) is 362. The van der Waals surface area contributed by atoms with Gasteiger partial charge >= 0.3 is 0 Å². The standard InChI is InChI=1S/C82H137N5O59/c1-18-40(101)53(114)57(118)76(126-18)145-69-56(117)44(105)27(10-90)132-81(69)139-63-30(13-93)134-73(36(50(63)111)84-21(4)97)124-16-33-47(108)65(39(71(123)128-33)87-24(7)100)141-79-60(121)66(45(106)28(11-91)131-79)142-74-37(85-22(5)98)51(112)62(31(14-94)135-74)138-80-61(122)67(48(109)34(137-80)17-125-72-35(83-20(3)96)49(110)42(103)25(8-88)129-72)143-75-38(86-23(6)99)52(113)64(32(15-95)136-75)140-82-70(146-77-58(119)54(115)41(102)19(2)127-77)68(46(107)29(12-92)133-82)144-78-59(120)55(116)43(104)26(9-89)130-78/h18-19,25-82,88-95,101-123H,8-17H2,1-7H3,(H,83,96)(H,84,97)(H,85,98)(H,86,99)(H,87,100)/t18-,19-,25+,26+,27+,28+,29+,30+,31+,32+,33+,34+,35+,36+,37+,38+,39+,40+,41+,42+,43-,44-,45-,46-,47-,48-,49+,50+,51+,52+,53+,54+,55-,56-,57-,58-,59+,60+,61+,62+,63+,64+,65+,66-,67-,68-,69+,70+,71?,72+,73+,74-,75-,76-,77-,78+,79-,80-,81-,82-/m0/s1. The van der Waals surface area contributed by atoms with Crippen molar-refractivity contribution in [2.45, 2.75) is 417 Å². The van der Waals surface area contributed by atoms with Gasteiger partial charge in [0.1, 0.15) is 280 Å². The summed E-state index contributed by atoms with van der Waals surface area (Å²) in [5.41, 5.74) is 0. The predicted octanol–water partition coefficient (Wildman–Crippen LogP) is -24.4. The highest BCUT2D eigenvalue weighted by atomic mass is 16.8. The Morgan fingerprint density at radius 2 is 0.432 bits per heavy atom. The van der Waals surface area contributed by atoms with E-state index >= 15 is 0 Å². The first-order valence-corrected chi connectivity index (χ1v) is 46.9. The monoisotopic (exact) mass is 2140 g/mol. The van der Waals surface area contributed by atoms with Gasteiger partial charge in [-0.05, 0) is 13.8 Å². The summed E-state index contributed by atoms with van der Waals surface area (Å²) in [4.78, 5) is 65.3. The highest BCUT2D eigenvalue weighted by Gasteiger charge is 2.64. The van der Waals surface area contributed by atoms with E-state index in [1.54, 1.807) is 0 Å². The predicted molar refractivity (Wildman–Crippen MR) is 450 cm³/mol. The third-order valence-electron chi connectivity index (χ3n) is 27.0. The molecule has 844 valence electrons. The van der Waals surface area contributed by atoms with E-state index in [2.05, 4.69) is 26.6 Å². The summed E-state index contributed by atoms with van der Waals surface area (Å²) >= 11 is 0. The van der Waals surface area contributed by atoms with Crippen LogP contribution >= 0.6 is 0 Å². The topological polar surface area (TPSA) is 985 Å². The maximum atomic E-state index is 13.4. The minimum atomic E-state index is -2.59. The van der Waals surface area contributed by atoms with Gasteiger partial charge in [-0.15, -0.1) is 0 Å². The molecule has 12 fully saturated rings. The molecule has 0 radical (unpaired) electrons. The first-order valence-electron chi connectivity index (χ1n) is 46.9. The van der Waals surface area contributed by atoms with Crippen molar-refractivity contribution in [3.05, 3.63) is 0 Å². The Bertz CT molecular complexity index is 4090. The summed E-state index contributed by atoms with van der Waals surface area (Å²) < 4.78 is 137. The minimum absolute atomic E-state index is 0.861. The van der Waals surface area contributed by atoms with Crippen molar-refractivity contribution in [1.29, 1.82) is 0 Å². The molecule has 0 aliphatic carbocycles. The lowest BCUT2D eigenvalue weighted by molar-refractivity contribution is -0.405. The fraction of sp³-hybridized carbons (Fsp3) is 0.939. The highest BCUT2D eigenvalue weighted by molar-refractivity contribution is 5.75. The van der Waals surface area contributed by atoms with E-state index in [0.29, 0.717) is 0 Å². The SMILES string of the molecule is CC(=O)N[C@H]1[C@H](O[C@H]2[C@@H](O)[C@@H](CO)O[C@@H](O[C@H]3[C@@H](O)[C@@H](CO[C@@H]4O[C@H](CO)[C@@H](O[C@@H]5O[C@H](CO)[C@H](O)[C@H](O)[C@H]5O[C@@H]5O[C@@H](C)[C@@H](O)[C@@H](O)[C@@H]5O)[C@H](O)[C@H]4NC(C)=O)OC(O)[C@@H]3NC(C)=O)[C@@H]2O)O[C@H](CO)[C@@H](O[C@@H]2O[C@H](CO[C@@H]3O[C@H](CO)[C@@H](O)[C@H](O)[C@H]3NC(C)=O)[C@H](O)[C@H](O[C@@H]3O[C@H](CO)[C@@H](O[C@@H]4O[C@H](CO)[C@H](O)[C@H](O[C@H]5O[C@H](CO)[C@H](O)[C@H](O)[C@H]5O)[C@H]4O[C@@H]4O[C@@H](C)[C@@H](O)[C@@H](O)[C@@H]4O)[C@H](O)[C@H]3NC(C)=O)[C@H]2O)[C@@H]1O. The van der Waals surface area contributed by atoms with E-state index in [1.807, 2.05) is 0 Å². The van der Waals surface area contributed by atoms with Crippen molar-refractivity contribution in [2.24, 2.45) is 0 Å². The van der Waals surface area contributed by atoms with Gasteiger partial charge in [-0.1, -0.05) is 0 Å². The molecule has 1 unspecified atom stereocenters. The van der Waals surface area contributed by atoms with Crippen molar-refractivity contribution in [1.82, 2.24) is 26.6 Å². The third kappa shape index (κ3) is 26.4. The van der Waals surface area contributed by atoms with Gasteiger partial charge in [0.15, 0.2) is 75.5 Å². The Kier molecular flexibility index (Phi) is 42.8. The molecule has 0 spiro atoms. The molecule has 12 rings (SSSR count). The zero-order valence-electron chi connectivity index (χ0n) is 79.0. The van der Waals surface area contributed by atoms with Crippen LogP contribution in [0.25, 0.3) is 0 Å². The Morgan fingerprint density at radius 3 is 0.829 bits per heavy atom. The first kappa shape index (κ1) is 120. The van der Waals surface area contributed by atoms with Crippen LogP contribution in [0.3, 0.4) is 0 Å². The molecule has 5 amide bonds. The Morgan fingerprint density at radius 1 is 0.192 bits per heavy atom. The van der Waals surface area contributed by atoms with Crippen LogP contribution in [0.2, 0.25) is 0 Å². The van der Waals surface area contributed by atoms with Gasteiger partial charge in [-0.3, -0.25) is 24.0 Å². The summed E-state index contributed by atoms with van der Waals surface area (Å²) in [6.45, 7) is -4.12. The van der Waals surface area contributed by atoms with Gasteiger partial charge in [0.2, 0.25) is 29.5 Å². The number of carbonyl (C=O) groups is 5. The van der Waals surface area contributed by atoms with Gasteiger partial charge in [-0.2, -0.15) is 0 Å². The average Bonchev–Trinajstić information content (AvgIpc) is 0.738. The second-order valence-electron chi connectivity index (χ2n) is 37.3. The fourth-order valence-corrected chi connectivity index (χ4v) is 19.1. The lowest BCUT2D eigenvalue weighted by atomic mass is 9.93. The first-order chi connectivity index (χ1) is 69.0. The quantitative estimate of drug-likeness (QED) is 0.0275. The van der Waals surface area contributed by atoms with Gasteiger partial charge in [0.05, 0.1) is 78.3 Å². The molecule has 64 nitrogen and oxygen atoms in total. The molecule has 12 aliphatic heterocycles. The van der Waals surface area contributed by atoms with Crippen molar-refractivity contribution in [2.75, 3.05) is 66.1 Å². The molecular formula is C82H137N5O59. The van der Waals surface area contributed by atoms with Crippen LogP contribution in [-0.2, 0) is 133 Å². The van der Waals surface area contributed by atoms with E-state index < -0.39 is 464 Å². The van der Waals surface area contributed by atoms with Crippen LogP contribution in [-0.4, -0.2) is 622 Å². The summed E-state index contributed by atoms with van der Waals surface area (Å²) in [6.07, 6.45) is -114. The van der Waals surface area contributed by atoms with Crippen LogP contribution < -0.4 is 26.6 Å². The number of aliphatic hydroxyl groups is 31. The van der Waals surface area contributed by atoms with Gasteiger partial charge in [-0.25, -0.2) is 0 Å². The summed E-state index contributed by atoms with van der Waals surface area (Å²) in [6, 6.07) is -9.73. The number of hydrogen-bond acceptors (Lipinski definition) is 59. The Balaban J connectivity index is 0.793. The van der Waals surface area contributed by atoms with Crippen LogP contribution in [0.5, 0.6) is 0 Å². The number of amides is 5. The molecule has 0 aromatic carbocycles. The zero-order chi connectivity index (χ0) is 107. The van der Waals surface area contributed by atoms with E-state index in [1.165, 1.54) is 13.8 Å². The largest absolute Gasteiger partial charge is 0.394 e. The number of ether oxygens (including phenoxy) is 23. The third-order valence-corrected chi connectivity index (χ3v) is 27.0. The highest BCUT2D eigenvalue weighted by Crippen LogP contribution is 2.43. The molecule has 12 saturated heterocycles. The van der Waals surface area contributed by atoms with Gasteiger partial charge < -0.3 is 294 Å². The normalized spacial score (nSPS) is 49.8. The summed E-state index contributed by atoms with van der Waals surface area (Å²) in [5.74, 6) is -4.82. The summed E-state index contributed by atoms with van der Waals surface area (Å²) in [7, 11) is 0. The van der Waals surface area contributed by atoms with Crippen LogP contribution in [0, 0.1) is 0 Å². The molecule has 0 saturated carbocycles. The second kappa shape index (κ2) is 52.2. The molecular weight excluding hydrogens is 2000 g/mol. The van der Waals surface area contributed by atoms with Gasteiger partial charge in [0.25, 0.3) is 0 Å². The molecule has 146 heavy (non-hydrogen) atoms. The van der Waals surface area contributed by atoms with E-state index in [-0.39, 0.29) is 0 Å². The molecule has 60 atom stereocenters. The lowest BCUT2D eigenvalue weighted by Crippen LogP contribution is -2.71. The van der Waals surface area contributed by atoms with E-state index in [4.69, 9.17) is 109 Å². The average molecular weight is 2140 g/mol. The van der Waals surface area contributed by atoms with E-state index in [9.17, 15) is 182 Å². The molecule has 64 heteroatoms. The number of carbonyl (C=O) groups excluding carboxylic acids is 5. The number of nitrogens with one attached hydrogen (secondary N) is 5. The number of rotatable bonds is 37. The van der Waals surface area contributed by atoms with Crippen molar-refractivity contribution >= 4 is 29.5 Å². The number of hydrogen-bond donors (Lipinski definition) is 36. The smallest absolute Gasteiger partial charge is 0.217 e. The van der Waals surface area contributed by atoms with Crippen molar-refractivity contribution in [3.63, 3.8) is 0 Å². The maximum Gasteiger partial charge on any atom is 0.217 e. The maximum absolute atomic E-state index is 13.4.